The third kappa shape index (κ3) is 3.51. The van der Waals surface area contributed by atoms with Gasteiger partial charge in [0.05, 0.1) is 19.8 Å². The van der Waals surface area contributed by atoms with E-state index < -0.39 is 0 Å². The zero-order valence-electron chi connectivity index (χ0n) is 11.3. The van der Waals surface area contributed by atoms with Gasteiger partial charge in [-0.15, -0.1) is 0 Å². The van der Waals surface area contributed by atoms with Crippen LogP contribution in [0.15, 0.2) is 48.5 Å². The Labute approximate surface area is 124 Å². The van der Waals surface area contributed by atoms with Crippen LogP contribution in [0.2, 0.25) is 5.02 Å². The Bertz CT molecular complexity index is 542. The molecule has 0 saturated heterocycles. The number of halogens is 1. The average Bonchev–Trinajstić information content (AvgIpc) is 2.50. The van der Waals surface area contributed by atoms with E-state index in [9.17, 15) is 0 Å². The van der Waals surface area contributed by atoms with Crippen LogP contribution >= 0.6 is 11.6 Å². The minimum absolute atomic E-state index is 0.0539. The summed E-state index contributed by atoms with van der Waals surface area (Å²) in [5.74, 6) is 0.814. The molecule has 0 radical (unpaired) electrons. The molecule has 0 spiro atoms. The summed E-state index contributed by atoms with van der Waals surface area (Å²) in [6.07, 6.45) is 0. The van der Waals surface area contributed by atoms with Crippen LogP contribution in [0.3, 0.4) is 0 Å². The number of rotatable bonds is 6. The van der Waals surface area contributed by atoms with Crippen LogP contribution in [-0.2, 0) is 0 Å². The Morgan fingerprint density at radius 1 is 1.15 bits per heavy atom. The highest BCUT2D eigenvalue weighted by molar-refractivity contribution is 6.31. The molecule has 0 fully saturated rings. The predicted octanol–water partition coefficient (Wildman–Crippen LogP) is 3.02. The maximum absolute atomic E-state index is 9.04. The Kier molecular flexibility index (Phi) is 5.41. The van der Waals surface area contributed by atoms with Gasteiger partial charge < -0.3 is 15.2 Å². The van der Waals surface area contributed by atoms with Crippen LogP contribution in [0.25, 0.3) is 0 Å². The summed E-state index contributed by atoms with van der Waals surface area (Å²) in [4.78, 5) is 0. The van der Waals surface area contributed by atoms with Gasteiger partial charge in [0.15, 0.2) is 0 Å². The molecule has 3 nitrogen and oxygen atoms in total. The van der Waals surface area contributed by atoms with Gasteiger partial charge in [-0.2, -0.15) is 0 Å². The zero-order valence-corrected chi connectivity index (χ0v) is 12.1. The third-order valence-electron chi connectivity index (χ3n) is 3.13. The first-order valence-electron chi connectivity index (χ1n) is 6.49. The summed E-state index contributed by atoms with van der Waals surface area (Å²) in [7, 11) is 1.64. The van der Waals surface area contributed by atoms with Gasteiger partial charge in [-0.1, -0.05) is 41.9 Å². The molecule has 106 valence electrons. The average molecular weight is 292 g/mol. The number of nitrogens with one attached hydrogen (secondary N) is 1. The van der Waals surface area contributed by atoms with E-state index in [2.05, 4.69) is 5.32 Å². The summed E-state index contributed by atoms with van der Waals surface area (Å²) in [5.41, 5.74) is 2.07. The van der Waals surface area contributed by atoms with E-state index in [4.69, 9.17) is 21.4 Å². The van der Waals surface area contributed by atoms with Gasteiger partial charge in [-0.25, -0.2) is 0 Å². The van der Waals surface area contributed by atoms with Crippen LogP contribution in [0.1, 0.15) is 17.2 Å². The molecule has 0 aromatic heterocycles. The maximum atomic E-state index is 9.04. The molecule has 2 N–H and O–H groups in total. The van der Waals surface area contributed by atoms with E-state index in [0.29, 0.717) is 11.6 Å². The van der Waals surface area contributed by atoms with Crippen LogP contribution in [0.4, 0.5) is 0 Å². The summed E-state index contributed by atoms with van der Waals surface area (Å²) >= 11 is 6.28. The van der Waals surface area contributed by atoms with Gasteiger partial charge in [0.2, 0.25) is 0 Å². The van der Waals surface area contributed by atoms with Gasteiger partial charge in [0.25, 0.3) is 0 Å². The van der Waals surface area contributed by atoms with Crippen molar-refractivity contribution in [1.29, 1.82) is 0 Å². The molecule has 4 heteroatoms. The minimum Gasteiger partial charge on any atom is -0.497 e. The van der Waals surface area contributed by atoms with Crippen LogP contribution < -0.4 is 10.1 Å². The number of methoxy groups -OCH3 is 1. The fraction of sp³-hybridized carbons (Fsp3) is 0.250. The lowest BCUT2D eigenvalue weighted by Crippen LogP contribution is -2.25. The van der Waals surface area contributed by atoms with E-state index in [0.717, 1.165) is 16.9 Å². The van der Waals surface area contributed by atoms with E-state index in [1.54, 1.807) is 7.11 Å². The lowest BCUT2D eigenvalue weighted by atomic mass is 9.98. The molecule has 2 rings (SSSR count). The first-order chi connectivity index (χ1) is 9.76. The largest absolute Gasteiger partial charge is 0.497 e. The molecule has 0 aliphatic rings. The number of ether oxygens (including phenoxy) is 1. The predicted molar refractivity (Wildman–Crippen MR) is 81.4 cm³/mol. The van der Waals surface area contributed by atoms with E-state index in [1.807, 2.05) is 48.5 Å². The Morgan fingerprint density at radius 3 is 2.45 bits per heavy atom. The van der Waals surface area contributed by atoms with Crippen molar-refractivity contribution >= 4 is 11.6 Å². The van der Waals surface area contributed by atoms with Gasteiger partial charge in [0.1, 0.15) is 5.75 Å². The van der Waals surface area contributed by atoms with Crippen molar-refractivity contribution < 1.29 is 9.84 Å². The van der Waals surface area contributed by atoms with Gasteiger partial charge in [-0.05, 0) is 29.3 Å². The number of aliphatic hydroxyl groups is 1. The summed E-state index contributed by atoms with van der Waals surface area (Å²) in [6, 6.07) is 15.5. The Morgan fingerprint density at radius 2 is 1.85 bits per heavy atom. The van der Waals surface area contributed by atoms with Crippen molar-refractivity contribution in [2.45, 2.75) is 6.04 Å². The molecule has 1 atom stereocenters. The zero-order chi connectivity index (χ0) is 14.4. The van der Waals surface area contributed by atoms with Crippen molar-refractivity contribution in [2.24, 2.45) is 0 Å². The lowest BCUT2D eigenvalue weighted by Gasteiger charge is -2.20. The van der Waals surface area contributed by atoms with Crippen molar-refractivity contribution in [2.75, 3.05) is 20.3 Å². The SMILES string of the molecule is COc1ccc(C(NCCO)c2ccccc2Cl)cc1. The third-order valence-corrected chi connectivity index (χ3v) is 3.47. The van der Waals surface area contributed by atoms with E-state index in [-0.39, 0.29) is 12.6 Å². The molecule has 1 unspecified atom stereocenters. The van der Waals surface area contributed by atoms with Gasteiger partial charge in [-0.3, -0.25) is 0 Å². The molecule has 2 aromatic rings. The van der Waals surface area contributed by atoms with E-state index >= 15 is 0 Å². The van der Waals surface area contributed by atoms with Crippen LogP contribution in [-0.4, -0.2) is 25.4 Å². The molecule has 0 aliphatic carbocycles. The number of benzene rings is 2. The van der Waals surface area contributed by atoms with Crippen molar-refractivity contribution in [3.05, 3.63) is 64.7 Å². The lowest BCUT2D eigenvalue weighted by molar-refractivity contribution is 0.288. The first-order valence-corrected chi connectivity index (χ1v) is 6.86. The molecule has 0 saturated carbocycles. The second-order valence-electron chi connectivity index (χ2n) is 4.41. The highest BCUT2D eigenvalue weighted by Crippen LogP contribution is 2.29. The van der Waals surface area contributed by atoms with Crippen LogP contribution in [0.5, 0.6) is 5.75 Å². The number of hydrogen-bond acceptors (Lipinski definition) is 3. The van der Waals surface area contributed by atoms with Crippen molar-refractivity contribution in [3.8, 4) is 5.75 Å². The Hall–Kier alpha value is -1.55. The molecule has 0 heterocycles. The minimum atomic E-state index is -0.0539. The summed E-state index contributed by atoms with van der Waals surface area (Å²) in [6.45, 7) is 0.582. The Balaban J connectivity index is 2.33. The molecular weight excluding hydrogens is 274 g/mol. The molecule has 20 heavy (non-hydrogen) atoms. The van der Waals surface area contributed by atoms with E-state index in [1.165, 1.54) is 0 Å². The molecule has 0 aliphatic heterocycles. The summed E-state index contributed by atoms with van der Waals surface area (Å²) in [5, 5.41) is 13.1. The monoisotopic (exact) mass is 291 g/mol. The molecule has 2 aromatic carbocycles. The van der Waals surface area contributed by atoms with Crippen molar-refractivity contribution in [3.63, 3.8) is 0 Å². The highest BCUT2D eigenvalue weighted by Gasteiger charge is 2.16. The number of aliphatic hydroxyl groups excluding tert-OH is 1. The smallest absolute Gasteiger partial charge is 0.118 e. The standard InChI is InChI=1S/C16H18ClNO2/c1-20-13-8-6-12(7-9-13)16(18-10-11-19)14-4-2-3-5-15(14)17/h2-9,16,18-19H,10-11H2,1H3. The molecule has 0 bridgehead atoms. The van der Waals surface area contributed by atoms with Gasteiger partial charge >= 0.3 is 0 Å². The molecular formula is C16H18ClNO2. The first kappa shape index (κ1) is 14.9. The van der Waals surface area contributed by atoms with Crippen molar-refractivity contribution in [1.82, 2.24) is 5.32 Å². The maximum Gasteiger partial charge on any atom is 0.118 e. The quantitative estimate of drug-likeness (QED) is 0.860. The second kappa shape index (κ2) is 7.29. The molecule has 0 amide bonds. The second-order valence-corrected chi connectivity index (χ2v) is 4.81. The van der Waals surface area contributed by atoms with Gasteiger partial charge in [0, 0.05) is 11.6 Å². The highest BCUT2D eigenvalue weighted by atomic mass is 35.5. The fourth-order valence-electron chi connectivity index (χ4n) is 2.12. The summed E-state index contributed by atoms with van der Waals surface area (Å²) < 4.78 is 5.17. The number of hydrogen-bond donors (Lipinski definition) is 2. The fourth-order valence-corrected chi connectivity index (χ4v) is 2.37. The topological polar surface area (TPSA) is 41.5 Å². The van der Waals surface area contributed by atoms with Crippen LogP contribution in [0, 0.1) is 0 Å². The normalized spacial score (nSPS) is 12.2.